The third-order valence-electron chi connectivity index (χ3n) is 10.2. The molecule has 1 aromatic carbocycles. The number of fused-ring (bicyclic) bond motifs is 3. The van der Waals surface area contributed by atoms with Crippen LogP contribution in [0.4, 0.5) is 23.3 Å². The molecule has 10 nitrogen and oxygen atoms in total. The molecule has 11 heteroatoms. The molecule has 2 bridgehead atoms. The minimum Gasteiger partial charge on any atom is -0.369 e. The fourth-order valence-corrected chi connectivity index (χ4v) is 8.87. The van der Waals surface area contributed by atoms with Crippen LogP contribution in [-0.4, -0.2) is 86.4 Å². The quantitative estimate of drug-likeness (QED) is 0.274. The van der Waals surface area contributed by atoms with Crippen LogP contribution in [0, 0.1) is 18.8 Å². The van der Waals surface area contributed by atoms with Gasteiger partial charge in [-0.15, -0.1) is 16.4 Å². The first-order valence-electron chi connectivity index (χ1n) is 16.3. The molecular weight excluding hydrogens is 569 g/mol. The second-order valence-electron chi connectivity index (χ2n) is 13.1. The molecule has 2 aliphatic carbocycles. The van der Waals surface area contributed by atoms with Gasteiger partial charge in [0.25, 0.3) is 0 Å². The zero-order chi connectivity index (χ0) is 29.6. The highest BCUT2D eigenvalue weighted by atomic mass is 32.1. The molecule has 44 heavy (non-hydrogen) atoms. The number of aryl methyl sites for hydroxylation is 1. The lowest BCUT2D eigenvalue weighted by Crippen LogP contribution is -2.51. The Labute approximate surface area is 263 Å². The van der Waals surface area contributed by atoms with E-state index in [0.29, 0.717) is 17.6 Å². The zero-order valence-electron chi connectivity index (χ0n) is 25.5. The van der Waals surface area contributed by atoms with Crippen LogP contribution in [0.1, 0.15) is 49.9 Å². The highest BCUT2D eigenvalue weighted by Gasteiger charge is 2.42. The van der Waals surface area contributed by atoms with Crippen molar-refractivity contribution < 1.29 is 0 Å². The number of rotatable bonds is 8. The first-order valence-corrected chi connectivity index (χ1v) is 17.2. The van der Waals surface area contributed by atoms with E-state index in [1.54, 1.807) is 16.0 Å². The predicted octanol–water partition coefficient (Wildman–Crippen LogP) is 5.33. The Hall–Kier alpha value is -3.54. The van der Waals surface area contributed by atoms with Gasteiger partial charge in [-0.3, -0.25) is 9.80 Å². The van der Waals surface area contributed by atoms with Crippen LogP contribution >= 0.6 is 11.3 Å². The van der Waals surface area contributed by atoms with E-state index in [1.165, 1.54) is 57.3 Å². The van der Waals surface area contributed by atoms with Crippen molar-refractivity contribution in [1.29, 1.82) is 0 Å². The van der Waals surface area contributed by atoms with Gasteiger partial charge >= 0.3 is 0 Å². The van der Waals surface area contributed by atoms with Crippen LogP contribution < -0.4 is 16.0 Å². The molecule has 2 saturated carbocycles. The van der Waals surface area contributed by atoms with Gasteiger partial charge in [0.2, 0.25) is 11.9 Å². The number of anilines is 4. The van der Waals surface area contributed by atoms with Crippen molar-refractivity contribution in [3.63, 3.8) is 0 Å². The Morgan fingerprint density at radius 3 is 2.55 bits per heavy atom. The summed E-state index contributed by atoms with van der Waals surface area (Å²) in [6, 6.07) is 9.43. The lowest BCUT2D eigenvalue weighted by Gasteiger charge is -2.41. The van der Waals surface area contributed by atoms with Gasteiger partial charge in [0.1, 0.15) is 0 Å². The maximum Gasteiger partial charge on any atom is 0.248 e. The van der Waals surface area contributed by atoms with Gasteiger partial charge < -0.3 is 16.0 Å². The zero-order valence-corrected chi connectivity index (χ0v) is 26.3. The Kier molecular flexibility index (Phi) is 7.47. The topological polar surface area (TPSA) is 104 Å². The first-order chi connectivity index (χ1) is 21.6. The van der Waals surface area contributed by atoms with E-state index in [0.717, 1.165) is 72.1 Å². The second kappa shape index (κ2) is 11.8. The fraction of sp³-hybridized carbons (Fsp3) is 0.515. The Bertz CT molecular complexity index is 1640. The summed E-state index contributed by atoms with van der Waals surface area (Å²) >= 11 is 1.61. The van der Waals surface area contributed by atoms with Crippen LogP contribution in [0.15, 0.2) is 35.7 Å². The van der Waals surface area contributed by atoms with Crippen molar-refractivity contribution in [3.8, 4) is 5.82 Å². The molecule has 3 aromatic heterocycles. The summed E-state index contributed by atoms with van der Waals surface area (Å²) < 4.78 is 2.58. The molecule has 8 rings (SSSR count). The highest BCUT2D eigenvalue weighted by molar-refractivity contribution is 7.17. The number of likely N-dealkylation sites (tertiary alicyclic amines) is 1. The molecule has 0 amide bonds. The standard InChI is InChI=1S/C33H42N10S/c1-22-21-44-30-29(22)36-28(5-4-14-40-12-2-3-13-40)37-31(30)43-32(34)38-33(39-43)35-25-8-10-26(11-9-25)41-15-17-42(18-16-41)27-20-23-6-7-24(27)19-23/h4-5,8-11,21,23-24,27H,2-3,6-7,12-20H2,1H3,(H3,34,35,38,39)/b5-4+/t23?,24?,27-/m0/s1. The molecule has 230 valence electrons. The number of nitrogens with two attached hydrogens (primary N) is 1. The van der Waals surface area contributed by atoms with Gasteiger partial charge in [-0.25, -0.2) is 9.97 Å². The Balaban J connectivity index is 0.950. The summed E-state index contributed by atoms with van der Waals surface area (Å²) in [7, 11) is 0. The number of hydrogen-bond donors (Lipinski definition) is 2. The van der Waals surface area contributed by atoms with Crippen molar-refractivity contribution >= 4 is 50.9 Å². The molecule has 4 aliphatic rings. The maximum absolute atomic E-state index is 6.41. The number of nitrogen functional groups attached to an aromatic ring is 1. The molecule has 2 saturated heterocycles. The molecule has 3 atom stereocenters. The lowest BCUT2D eigenvalue weighted by molar-refractivity contribution is 0.135. The van der Waals surface area contributed by atoms with Crippen molar-refractivity contribution in [1.82, 2.24) is 34.5 Å². The van der Waals surface area contributed by atoms with Crippen molar-refractivity contribution in [2.45, 2.75) is 51.5 Å². The summed E-state index contributed by atoms with van der Waals surface area (Å²) in [4.78, 5) is 22.0. The van der Waals surface area contributed by atoms with E-state index in [-0.39, 0.29) is 5.95 Å². The maximum atomic E-state index is 6.41. The molecule has 0 radical (unpaired) electrons. The van der Waals surface area contributed by atoms with E-state index < -0.39 is 0 Å². The van der Waals surface area contributed by atoms with E-state index >= 15 is 0 Å². The largest absolute Gasteiger partial charge is 0.369 e. The van der Waals surface area contributed by atoms with Crippen LogP contribution in [0.2, 0.25) is 0 Å². The van der Waals surface area contributed by atoms with Crippen molar-refractivity contribution in [3.05, 3.63) is 47.1 Å². The molecular formula is C33H42N10S. The van der Waals surface area contributed by atoms with Crippen LogP contribution in [-0.2, 0) is 0 Å². The summed E-state index contributed by atoms with van der Waals surface area (Å²) in [6.45, 7) is 9.83. The van der Waals surface area contributed by atoms with E-state index in [9.17, 15) is 0 Å². The van der Waals surface area contributed by atoms with Gasteiger partial charge in [-0.2, -0.15) is 9.67 Å². The number of piperazine rings is 1. The highest BCUT2D eigenvalue weighted by Crippen LogP contribution is 2.46. The first kappa shape index (κ1) is 28.0. The SMILES string of the molecule is Cc1csc2c(-n3nc(Nc4ccc(N5CCN([C@H]6CC7CCC6C7)CC5)cc4)nc3N)nc(/C=C/CN3CCCC3)nc12. The summed E-state index contributed by atoms with van der Waals surface area (Å²) in [5, 5.41) is 10.2. The Morgan fingerprint density at radius 1 is 0.977 bits per heavy atom. The molecule has 0 spiro atoms. The summed E-state index contributed by atoms with van der Waals surface area (Å²) in [6.07, 6.45) is 12.6. The third kappa shape index (κ3) is 5.46. The normalized spacial score (nSPS) is 24.4. The Morgan fingerprint density at radius 2 is 1.80 bits per heavy atom. The minimum atomic E-state index is 0.288. The van der Waals surface area contributed by atoms with Crippen molar-refractivity contribution in [2.75, 3.05) is 61.8 Å². The number of benzene rings is 1. The molecule has 4 aromatic rings. The van der Waals surface area contributed by atoms with Gasteiger partial charge in [0, 0.05) is 50.1 Å². The monoisotopic (exact) mass is 610 g/mol. The molecule has 2 aliphatic heterocycles. The lowest BCUT2D eigenvalue weighted by atomic mass is 9.93. The van der Waals surface area contributed by atoms with Crippen molar-refractivity contribution in [2.24, 2.45) is 11.8 Å². The predicted molar refractivity (Wildman–Crippen MR) is 179 cm³/mol. The minimum absolute atomic E-state index is 0.288. The van der Waals surface area contributed by atoms with Gasteiger partial charge in [0.05, 0.1) is 10.2 Å². The molecule has 2 unspecified atom stereocenters. The number of nitrogens with one attached hydrogen (secondary N) is 1. The molecule has 4 fully saturated rings. The van der Waals surface area contributed by atoms with Gasteiger partial charge in [-0.1, -0.05) is 12.5 Å². The van der Waals surface area contributed by atoms with Gasteiger partial charge in [-0.05, 0) is 105 Å². The van der Waals surface area contributed by atoms with Gasteiger partial charge in [0.15, 0.2) is 11.6 Å². The van der Waals surface area contributed by atoms with Crippen LogP contribution in [0.3, 0.4) is 0 Å². The number of hydrogen-bond acceptors (Lipinski definition) is 10. The van der Waals surface area contributed by atoms with E-state index in [4.69, 9.17) is 20.8 Å². The summed E-state index contributed by atoms with van der Waals surface area (Å²) in [5.41, 5.74) is 10.7. The average molecular weight is 611 g/mol. The summed E-state index contributed by atoms with van der Waals surface area (Å²) in [5.74, 6) is 4.01. The average Bonchev–Trinajstić information content (AvgIpc) is 3.89. The van der Waals surface area contributed by atoms with E-state index in [2.05, 4.69) is 67.6 Å². The number of aromatic nitrogens is 5. The number of nitrogens with zero attached hydrogens (tertiary/aromatic N) is 8. The molecule has 3 N–H and O–H groups in total. The van der Waals surface area contributed by atoms with E-state index in [1.807, 2.05) is 6.08 Å². The second-order valence-corrected chi connectivity index (χ2v) is 13.9. The van der Waals surface area contributed by atoms with Crippen LogP contribution in [0.25, 0.3) is 22.1 Å². The third-order valence-corrected chi connectivity index (χ3v) is 11.3. The van der Waals surface area contributed by atoms with Crippen LogP contribution in [0.5, 0.6) is 0 Å². The molecule has 5 heterocycles. The smallest absolute Gasteiger partial charge is 0.248 e. The fourth-order valence-electron chi connectivity index (χ4n) is 7.91. The number of thiophene rings is 1.